The molecule has 1 aromatic carbocycles. The van der Waals surface area contributed by atoms with Gasteiger partial charge in [0.25, 0.3) is 0 Å². The van der Waals surface area contributed by atoms with Crippen LogP contribution in [-0.4, -0.2) is 20.3 Å². The molecule has 0 aliphatic rings. The van der Waals surface area contributed by atoms with Crippen LogP contribution in [0, 0.1) is 10.3 Å². The molecule has 0 spiro atoms. The number of nitrogens with one attached hydrogen (secondary N) is 1. The van der Waals surface area contributed by atoms with Crippen molar-refractivity contribution in [2.45, 2.75) is 0 Å². The molecule has 0 aliphatic heterocycles. The molecule has 1 rings (SSSR count). The van der Waals surface area contributed by atoms with E-state index in [0.717, 1.165) is 6.21 Å². The fraction of sp³-hybridized carbons (Fsp3) is 0.222. The molecule has 3 N–H and O–H groups in total. The Bertz CT molecular complexity index is 373. The molecule has 0 heterocycles. The van der Waals surface area contributed by atoms with Gasteiger partial charge < -0.3 is 16.0 Å². The van der Waals surface area contributed by atoms with E-state index in [-0.39, 0.29) is 0 Å². The summed E-state index contributed by atoms with van der Waals surface area (Å²) in [7, 11) is 3.60. The number of rotatable bonds is 3. The van der Waals surface area contributed by atoms with Crippen LogP contribution in [0.5, 0.6) is 0 Å². The molecule has 5 nitrogen and oxygen atoms in total. The van der Waals surface area contributed by atoms with Gasteiger partial charge in [0.1, 0.15) is 5.69 Å². The van der Waals surface area contributed by atoms with E-state index in [9.17, 15) is 4.91 Å². The Balaban J connectivity index is 3.38. The minimum atomic E-state index is 0.294. The van der Waals surface area contributed by atoms with Gasteiger partial charge in [0, 0.05) is 31.6 Å². The molecule has 0 unspecified atom stereocenters. The smallest absolute Gasteiger partial charge is 0.132 e. The predicted octanol–water partition coefficient (Wildman–Crippen LogP) is 1.73. The van der Waals surface area contributed by atoms with Crippen LogP contribution in [0.2, 0.25) is 0 Å². The first-order valence-corrected chi connectivity index (χ1v) is 4.04. The Hall–Kier alpha value is -1.91. The topological polar surface area (TPSA) is 82.5 Å². The molecule has 0 atom stereocenters. The van der Waals surface area contributed by atoms with Gasteiger partial charge in [-0.25, -0.2) is 0 Å². The Morgan fingerprint density at radius 3 is 2.57 bits per heavy atom. The maximum atomic E-state index is 10.5. The van der Waals surface area contributed by atoms with E-state index >= 15 is 0 Å². The van der Waals surface area contributed by atoms with E-state index in [0.29, 0.717) is 22.6 Å². The van der Waals surface area contributed by atoms with Crippen LogP contribution < -0.4 is 10.6 Å². The standard InChI is InChI=1S/C9H12N4O/c1-13(2)9-4-7(11)6(5-10)3-8(9)12-14/h3-5,10H,11H2,1-2H3. The number of hydrogen-bond donors (Lipinski definition) is 2. The zero-order valence-electron chi connectivity index (χ0n) is 8.11. The second-order valence-corrected chi connectivity index (χ2v) is 3.10. The third-order valence-corrected chi connectivity index (χ3v) is 1.92. The Labute approximate surface area is 82.0 Å². The third-order valence-electron chi connectivity index (χ3n) is 1.92. The number of nitrogens with two attached hydrogens (primary N) is 1. The van der Waals surface area contributed by atoms with Crippen LogP contribution in [0.4, 0.5) is 17.1 Å². The summed E-state index contributed by atoms with van der Waals surface area (Å²) in [5, 5.41) is 9.96. The highest BCUT2D eigenvalue weighted by atomic mass is 16.3. The molecule has 1 aromatic rings. The van der Waals surface area contributed by atoms with Crippen molar-refractivity contribution in [3.8, 4) is 0 Å². The molecule has 0 fully saturated rings. The van der Waals surface area contributed by atoms with Gasteiger partial charge in [-0.15, -0.1) is 4.91 Å². The number of benzene rings is 1. The van der Waals surface area contributed by atoms with Crippen molar-refractivity contribution >= 4 is 23.3 Å². The van der Waals surface area contributed by atoms with E-state index < -0.39 is 0 Å². The first-order valence-electron chi connectivity index (χ1n) is 4.04. The van der Waals surface area contributed by atoms with Crippen LogP contribution in [0.25, 0.3) is 0 Å². The minimum absolute atomic E-state index is 0.294. The van der Waals surface area contributed by atoms with E-state index in [1.54, 1.807) is 25.1 Å². The van der Waals surface area contributed by atoms with E-state index in [1.807, 2.05) is 0 Å². The van der Waals surface area contributed by atoms with E-state index in [4.69, 9.17) is 11.1 Å². The van der Waals surface area contributed by atoms with Gasteiger partial charge in [0.2, 0.25) is 0 Å². The number of nitroso groups, excluding NO2 is 1. The summed E-state index contributed by atoms with van der Waals surface area (Å²) in [6.45, 7) is 0. The molecule has 0 amide bonds. The average Bonchev–Trinajstić information content (AvgIpc) is 2.17. The zero-order chi connectivity index (χ0) is 10.7. The van der Waals surface area contributed by atoms with Crippen molar-refractivity contribution in [1.29, 1.82) is 5.41 Å². The molecule has 5 heteroatoms. The van der Waals surface area contributed by atoms with Crippen molar-refractivity contribution in [2.75, 3.05) is 24.7 Å². The SMILES string of the molecule is CN(C)c1cc(N)c(C=N)cc1N=O. The van der Waals surface area contributed by atoms with Crippen LogP contribution in [0.15, 0.2) is 17.3 Å². The average molecular weight is 192 g/mol. The van der Waals surface area contributed by atoms with Crippen molar-refractivity contribution in [1.82, 2.24) is 0 Å². The number of nitrogen functional groups attached to an aromatic ring is 1. The van der Waals surface area contributed by atoms with E-state index in [2.05, 4.69) is 5.18 Å². The Morgan fingerprint density at radius 2 is 2.14 bits per heavy atom. The van der Waals surface area contributed by atoms with Gasteiger partial charge in [0.05, 0.1) is 5.69 Å². The number of anilines is 2. The largest absolute Gasteiger partial charge is 0.398 e. The summed E-state index contributed by atoms with van der Waals surface area (Å²) >= 11 is 0. The van der Waals surface area contributed by atoms with Gasteiger partial charge in [0.15, 0.2) is 0 Å². The van der Waals surface area contributed by atoms with Crippen molar-refractivity contribution in [3.63, 3.8) is 0 Å². The first-order chi connectivity index (χ1) is 6.60. The first kappa shape index (κ1) is 10.2. The highest BCUT2D eigenvalue weighted by molar-refractivity contribution is 5.90. The normalized spacial score (nSPS) is 9.57. The lowest BCUT2D eigenvalue weighted by atomic mass is 10.1. The quantitative estimate of drug-likeness (QED) is 0.434. The molecule has 0 radical (unpaired) electrons. The zero-order valence-corrected chi connectivity index (χ0v) is 8.11. The lowest BCUT2D eigenvalue weighted by molar-refractivity contribution is 1.13. The summed E-state index contributed by atoms with van der Waals surface area (Å²) in [5.41, 5.74) is 7.59. The lowest BCUT2D eigenvalue weighted by Gasteiger charge is -2.15. The molecule has 14 heavy (non-hydrogen) atoms. The van der Waals surface area contributed by atoms with Crippen LogP contribution in [0.3, 0.4) is 0 Å². The summed E-state index contributed by atoms with van der Waals surface area (Å²) < 4.78 is 0. The highest BCUT2D eigenvalue weighted by Gasteiger charge is 2.08. The fourth-order valence-corrected chi connectivity index (χ4v) is 1.17. The maximum absolute atomic E-state index is 10.5. The van der Waals surface area contributed by atoms with Gasteiger partial charge in [-0.1, -0.05) is 0 Å². The summed E-state index contributed by atoms with van der Waals surface area (Å²) in [6.07, 6.45) is 1.10. The lowest BCUT2D eigenvalue weighted by Crippen LogP contribution is -2.09. The van der Waals surface area contributed by atoms with Crippen molar-refractivity contribution in [3.05, 3.63) is 22.6 Å². The Morgan fingerprint density at radius 1 is 1.50 bits per heavy atom. The molecule has 74 valence electrons. The predicted molar refractivity (Wildman–Crippen MR) is 58.5 cm³/mol. The fourth-order valence-electron chi connectivity index (χ4n) is 1.17. The molecule has 0 bridgehead atoms. The molecule has 0 saturated heterocycles. The number of nitrogens with zero attached hydrogens (tertiary/aromatic N) is 2. The molecule has 0 aromatic heterocycles. The molecular formula is C9H12N4O. The van der Waals surface area contributed by atoms with Gasteiger partial charge in [-0.3, -0.25) is 0 Å². The maximum Gasteiger partial charge on any atom is 0.132 e. The highest BCUT2D eigenvalue weighted by Crippen LogP contribution is 2.31. The van der Waals surface area contributed by atoms with Crippen molar-refractivity contribution in [2.24, 2.45) is 5.18 Å². The van der Waals surface area contributed by atoms with Crippen molar-refractivity contribution < 1.29 is 0 Å². The summed E-state index contributed by atoms with van der Waals surface area (Å²) in [4.78, 5) is 12.3. The molecule has 0 aliphatic carbocycles. The molecule has 0 saturated carbocycles. The van der Waals surface area contributed by atoms with Gasteiger partial charge in [-0.05, 0) is 17.3 Å². The second kappa shape index (κ2) is 3.87. The van der Waals surface area contributed by atoms with Gasteiger partial charge in [-0.2, -0.15) is 0 Å². The van der Waals surface area contributed by atoms with E-state index in [1.165, 1.54) is 6.07 Å². The summed E-state index contributed by atoms with van der Waals surface area (Å²) in [5.74, 6) is 0. The van der Waals surface area contributed by atoms with Crippen LogP contribution >= 0.6 is 0 Å². The number of hydrogen-bond acceptors (Lipinski definition) is 5. The summed E-state index contributed by atoms with van der Waals surface area (Å²) in [6, 6.07) is 3.14. The minimum Gasteiger partial charge on any atom is -0.398 e. The third kappa shape index (κ3) is 1.71. The Kier molecular flexibility index (Phi) is 2.81. The molecular weight excluding hydrogens is 180 g/mol. The van der Waals surface area contributed by atoms with Crippen LogP contribution in [0.1, 0.15) is 5.56 Å². The monoisotopic (exact) mass is 192 g/mol. The second-order valence-electron chi connectivity index (χ2n) is 3.10. The van der Waals surface area contributed by atoms with Gasteiger partial charge >= 0.3 is 0 Å². The van der Waals surface area contributed by atoms with Crippen LogP contribution in [-0.2, 0) is 0 Å².